The molecule has 1 heterocycles. The number of carbonyl (C=O) groups excluding carboxylic acids is 2. The summed E-state index contributed by atoms with van der Waals surface area (Å²) in [6.45, 7) is 8.43. The van der Waals surface area contributed by atoms with Crippen LogP contribution >= 0.6 is 0 Å². The number of likely N-dealkylation sites (tertiary alicyclic amines) is 1. The normalized spacial score (nSPS) is 28.7. The molecule has 5 nitrogen and oxygen atoms in total. The molecule has 2 fully saturated rings. The van der Waals surface area contributed by atoms with Crippen molar-refractivity contribution in [3.8, 4) is 0 Å². The van der Waals surface area contributed by atoms with E-state index in [2.05, 4.69) is 24.1 Å². The summed E-state index contributed by atoms with van der Waals surface area (Å²) in [5, 5.41) is 2.77. The van der Waals surface area contributed by atoms with Crippen LogP contribution in [0, 0.1) is 16.7 Å². The second-order valence-electron chi connectivity index (χ2n) is 7.79. The van der Waals surface area contributed by atoms with Crippen LogP contribution in [-0.2, 0) is 16.1 Å². The molecule has 1 aliphatic heterocycles. The summed E-state index contributed by atoms with van der Waals surface area (Å²) in [4.78, 5) is 25.4. The van der Waals surface area contributed by atoms with Crippen molar-refractivity contribution in [2.45, 2.75) is 33.7 Å². The number of hydrogen-bond donors (Lipinski definition) is 2. The van der Waals surface area contributed by atoms with Crippen LogP contribution in [0.15, 0.2) is 24.3 Å². The van der Waals surface area contributed by atoms with Gasteiger partial charge in [0.2, 0.25) is 11.8 Å². The number of benzene rings is 1. The molecule has 0 unspecified atom stereocenters. The average Bonchev–Trinajstić information content (AvgIpc) is 2.76. The Kier molecular flexibility index (Phi) is 3.71. The van der Waals surface area contributed by atoms with Crippen LogP contribution in [0.5, 0.6) is 0 Å². The fourth-order valence-electron chi connectivity index (χ4n) is 4.60. The van der Waals surface area contributed by atoms with Crippen molar-refractivity contribution in [2.75, 3.05) is 18.4 Å². The Morgan fingerprint density at radius 1 is 1.30 bits per heavy atom. The van der Waals surface area contributed by atoms with Crippen molar-refractivity contribution in [2.24, 2.45) is 22.5 Å². The first-order chi connectivity index (χ1) is 10.7. The van der Waals surface area contributed by atoms with Gasteiger partial charge in [-0.05, 0) is 35.4 Å². The third kappa shape index (κ3) is 2.74. The number of anilines is 1. The molecule has 0 radical (unpaired) electrons. The van der Waals surface area contributed by atoms with Gasteiger partial charge in [-0.3, -0.25) is 14.5 Å². The Labute approximate surface area is 137 Å². The maximum atomic E-state index is 12.0. The average molecular weight is 315 g/mol. The molecule has 1 aliphatic carbocycles. The SMILES string of the molecule is CC(=O)Nc1ccc(CN2C[C@@H]3C(C)(C)C[C@]3(C(N)=O)C2)cc1. The monoisotopic (exact) mass is 315 g/mol. The summed E-state index contributed by atoms with van der Waals surface area (Å²) in [6, 6.07) is 7.87. The zero-order chi connectivity index (χ0) is 16.8. The Hall–Kier alpha value is -1.88. The van der Waals surface area contributed by atoms with Crippen molar-refractivity contribution < 1.29 is 9.59 Å². The Bertz CT molecular complexity index is 638. The molecule has 3 rings (SSSR count). The topological polar surface area (TPSA) is 75.4 Å². The van der Waals surface area contributed by atoms with Crippen LogP contribution in [-0.4, -0.2) is 29.8 Å². The minimum Gasteiger partial charge on any atom is -0.369 e. The van der Waals surface area contributed by atoms with E-state index < -0.39 is 0 Å². The highest BCUT2D eigenvalue weighted by atomic mass is 16.2. The minimum atomic E-state index is -0.334. The maximum Gasteiger partial charge on any atom is 0.225 e. The van der Waals surface area contributed by atoms with Crippen LogP contribution in [0.2, 0.25) is 0 Å². The van der Waals surface area contributed by atoms with E-state index >= 15 is 0 Å². The van der Waals surface area contributed by atoms with Gasteiger partial charge < -0.3 is 11.1 Å². The van der Waals surface area contributed by atoms with Gasteiger partial charge >= 0.3 is 0 Å². The third-order valence-electron chi connectivity index (χ3n) is 5.50. The van der Waals surface area contributed by atoms with Gasteiger partial charge in [0, 0.05) is 32.2 Å². The molecule has 124 valence electrons. The van der Waals surface area contributed by atoms with Gasteiger partial charge in [-0.1, -0.05) is 26.0 Å². The van der Waals surface area contributed by atoms with Gasteiger partial charge in [-0.2, -0.15) is 0 Å². The smallest absolute Gasteiger partial charge is 0.225 e. The van der Waals surface area contributed by atoms with Gasteiger partial charge in [0.25, 0.3) is 0 Å². The number of nitrogens with two attached hydrogens (primary N) is 1. The van der Waals surface area contributed by atoms with Crippen LogP contribution in [0.25, 0.3) is 0 Å². The van der Waals surface area contributed by atoms with Crippen LogP contribution in [0.1, 0.15) is 32.8 Å². The summed E-state index contributed by atoms with van der Waals surface area (Å²) < 4.78 is 0. The predicted octanol–water partition coefficient (Wildman–Crippen LogP) is 1.98. The van der Waals surface area contributed by atoms with Crippen molar-refractivity contribution in [3.05, 3.63) is 29.8 Å². The van der Waals surface area contributed by atoms with E-state index in [1.54, 1.807) is 0 Å². The summed E-state index contributed by atoms with van der Waals surface area (Å²) in [6.07, 6.45) is 0.887. The van der Waals surface area contributed by atoms with Crippen LogP contribution in [0.3, 0.4) is 0 Å². The highest BCUT2D eigenvalue weighted by molar-refractivity contribution is 5.88. The standard InChI is InChI=1S/C18H25N3O2/c1-12(22)20-14-6-4-13(5-7-14)8-21-9-15-17(2,3)10-18(15,11-21)16(19)23/h4-7,15H,8-11H2,1-3H3,(H2,19,23)(H,20,22)/t15-,18+/m1/s1. The fourth-order valence-corrected chi connectivity index (χ4v) is 4.60. The van der Waals surface area contributed by atoms with Crippen LogP contribution in [0.4, 0.5) is 5.69 Å². The fraction of sp³-hybridized carbons (Fsp3) is 0.556. The maximum absolute atomic E-state index is 12.0. The molecule has 23 heavy (non-hydrogen) atoms. The number of nitrogens with one attached hydrogen (secondary N) is 1. The number of primary amides is 1. The zero-order valence-electron chi connectivity index (χ0n) is 14.1. The first kappa shape index (κ1) is 16.0. The molecule has 1 saturated heterocycles. The molecule has 0 aromatic heterocycles. The Morgan fingerprint density at radius 2 is 1.96 bits per heavy atom. The zero-order valence-corrected chi connectivity index (χ0v) is 14.1. The first-order valence-electron chi connectivity index (χ1n) is 8.12. The van der Waals surface area contributed by atoms with Crippen molar-refractivity contribution in [1.29, 1.82) is 0 Å². The molecule has 2 amide bonds. The molecule has 5 heteroatoms. The molecular weight excluding hydrogens is 290 g/mol. The number of carbonyl (C=O) groups is 2. The number of nitrogens with zero attached hydrogens (tertiary/aromatic N) is 1. The lowest BCUT2D eigenvalue weighted by atomic mass is 9.48. The lowest BCUT2D eigenvalue weighted by Crippen LogP contribution is -2.59. The molecule has 1 aromatic rings. The van der Waals surface area contributed by atoms with E-state index in [9.17, 15) is 9.59 Å². The Balaban J connectivity index is 1.68. The molecule has 0 spiro atoms. The third-order valence-corrected chi connectivity index (χ3v) is 5.50. The molecule has 3 N–H and O–H groups in total. The van der Waals surface area contributed by atoms with Crippen LogP contribution < -0.4 is 11.1 Å². The first-order valence-corrected chi connectivity index (χ1v) is 8.12. The van der Waals surface area contributed by atoms with Gasteiger partial charge in [-0.15, -0.1) is 0 Å². The predicted molar refractivity (Wildman–Crippen MR) is 89.5 cm³/mol. The highest BCUT2D eigenvalue weighted by Crippen LogP contribution is 2.62. The molecule has 1 aromatic carbocycles. The summed E-state index contributed by atoms with van der Waals surface area (Å²) in [5.74, 6) is 0.135. The van der Waals surface area contributed by atoms with Gasteiger partial charge in [0.15, 0.2) is 0 Å². The van der Waals surface area contributed by atoms with E-state index in [0.29, 0.717) is 5.92 Å². The van der Waals surface area contributed by atoms with E-state index in [-0.39, 0.29) is 22.6 Å². The number of amides is 2. The van der Waals surface area contributed by atoms with E-state index in [1.165, 1.54) is 12.5 Å². The number of rotatable bonds is 4. The van der Waals surface area contributed by atoms with Gasteiger partial charge in [-0.25, -0.2) is 0 Å². The minimum absolute atomic E-state index is 0.0699. The van der Waals surface area contributed by atoms with E-state index in [1.807, 2.05) is 24.3 Å². The molecular formula is C18H25N3O2. The molecule has 0 bridgehead atoms. The number of fused-ring (bicyclic) bond motifs is 1. The molecule has 1 saturated carbocycles. The van der Waals surface area contributed by atoms with Crippen molar-refractivity contribution >= 4 is 17.5 Å². The summed E-state index contributed by atoms with van der Waals surface area (Å²) in [5.41, 5.74) is 7.55. The Morgan fingerprint density at radius 3 is 2.43 bits per heavy atom. The lowest BCUT2D eigenvalue weighted by Gasteiger charge is -2.54. The van der Waals surface area contributed by atoms with Crippen molar-refractivity contribution in [3.63, 3.8) is 0 Å². The largest absolute Gasteiger partial charge is 0.369 e. The quantitative estimate of drug-likeness (QED) is 0.892. The number of hydrogen-bond acceptors (Lipinski definition) is 3. The van der Waals surface area contributed by atoms with Gasteiger partial charge in [0.05, 0.1) is 5.41 Å². The van der Waals surface area contributed by atoms with E-state index in [0.717, 1.165) is 31.7 Å². The summed E-state index contributed by atoms with van der Waals surface area (Å²) >= 11 is 0. The van der Waals surface area contributed by atoms with E-state index in [4.69, 9.17) is 5.73 Å². The molecule has 2 atom stereocenters. The lowest BCUT2D eigenvalue weighted by molar-refractivity contribution is -0.148. The summed E-state index contributed by atoms with van der Waals surface area (Å²) in [7, 11) is 0. The van der Waals surface area contributed by atoms with Gasteiger partial charge in [0.1, 0.15) is 0 Å². The second-order valence-corrected chi connectivity index (χ2v) is 7.79. The second kappa shape index (κ2) is 5.34. The molecule has 2 aliphatic rings. The highest BCUT2D eigenvalue weighted by Gasteiger charge is 2.65. The van der Waals surface area contributed by atoms with Crippen molar-refractivity contribution in [1.82, 2.24) is 4.90 Å².